The lowest BCUT2D eigenvalue weighted by Gasteiger charge is -2.30. The van der Waals surface area contributed by atoms with Gasteiger partial charge in [0.1, 0.15) is 18.3 Å². The van der Waals surface area contributed by atoms with Gasteiger partial charge < -0.3 is 35.1 Å². The second-order valence-corrected chi connectivity index (χ2v) is 2.81. The van der Waals surface area contributed by atoms with E-state index < -0.39 is 30.7 Å². The van der Waals surface area contributed by atoms with Gasteiger partial charge in [0.25, 0.3) is 0 Å². The summed E-state index contributed by atoms with van der Waals surface area (Å²) < 4.78 is 4.44. The highest BCUT2D eigenvalue weighted by atomic mass is 16.5. The molecule has 5 N–H and O–H groups in total. The Bertz CT molecular complexity index is 181. The van der Waals surface area contributed by atoms with Crippen molar-refractivity contribution in [3.8, 4) is 0 Å². The minimum Gasteiger partial charge on any atom is -0.391 e. The first kappa shape index (κ1) is 13.4. The molecule has 0 aromatic heterocycles. The van der Waals surface area contributed by atoms with Gasteiger partial charge in [-0.3, -0.25) is 0 Å². The van der Waals surface area contributed by atoms with Crippen molar-refractivity contribution in [2.45, 2.75) is 24.1 Å². The van der Waals surface area contributed by atoms with Gasteiger partial charge in [0.05, 0.1) is 6.61 Å². The Hall–Kier alpha value is -0.570. The molecular weight excluding hydrogens is 196 g/mol. The molecule has 14 heavy (non-hydrogen) atoms. The molecule has 0 radical (unpaired) electrons. The molecule has 0 aliphatic carbocycles. The molecule has 0 aromatic rings. The van der Waals surface area contributed by atoms with Gasteiger partial charge in [0.2, 0.25) is 5.79 Å². The van der Waals surface area contributed by atoms with Crippen molar-refractivity contribution in [1.29, 1.82) is 0 Å². The first-order chi connectivity index (χ1) is 6.40. The zero-order valence-electron chi connectivity index (χ0n) is 7.57. The van der Waals surface area contributed by atoms with Gasteiger partial charge >= 0.3 is 0 Å². The second kappa shape index (κ2) is 5.35. The van der Waals surface area contributed by atoms with Crippen molar-refractivity contribution in [1.82, 2.24) is 0 Å². The Morgan fingerprint density at radius 2 is 1.93 bits per heavy atom. The molecule has 0 fully saturated rings. The van der Waals surface area contributed by atoms with E-state index in [1.54, 1.807) is 0 Å². The maximum atomic E-state index is 10.3. The summed E-state index contributed by atoms with van der Waals surface area (Å²) in [6.07, 6.45) is -5.14. The van der Waals surface area contributed by atoms with Crippen LogP contribution < -0.4 is 0 Å². The smallest absolute Gasteiger partial charge is 0.216 e. The highest BCUT2D eigenvalue weighted by Gasteiger charge is 2.41. The first-order valence-corrected chi connectivity index (χ1v) is 3.80. The van der Waals surface area contributed by atoms with Crippen LogP contribution in [-0.2, 0) is 9.53 Å². The normalized spacial score (nSPS) is 18.7. The lowest BCUT2D eigenvalue weighted by molar-refractivity contribution is -0.270. The van der Waals surface area contributed by atoms with Crippen molar-refractivity contribution < 1.29 is 35.1 Å². The maximum absolute atomic E-state index is 10.3. The lowest BCUT2D eigenvalue weighted by Crippen LogP contribution is -2.55. The number of aldehydes is 1. The molecule has 0 rings (SSSR count). The van der Waals surface area contributed by atoms with Crippen molar-refractivity contribution in [2.24, 2.45) is 0 Å². The van der Waals surface area contributed by atoms with Gasteiger partial charge in [-0.05, 0) is 0 Å². The number of rotatable bonds is 6. The molecule has 0 bridgehead atoms. The molecule has 0 aliphatic heterocycles. The zero-order valence-corrected chi connectivity index (χ0v) is 7.57. The van der Waals surface area contributed by atoms with E-state index in [4.69, 9.17) is 20.4 Å². The van der Waals surface area contributed by atoms with Crippen molar-refractivity contribution in [3.63, 3.8) is 0 Å². The van der Waals surface area contributed by atoms with Gasteiger partial charge in [-0.25, -0.2) is 0 Å². The number of ether oxygens (including phenoxy) is 1. The van der Waals surface area contributed by atoms with Gasteiger partial charge in [0.15, 0.2) is 6.29 Å². The molecule has 0 heterocycles. The van der Waals surface area contributed by atoms with Gasteiger partial charge in [-0.1, -0.05) is 0 Å². The molecule has 0 saturated heterocycles. The van der Waals surface area contributed by atoms with Crippen LogP contribution in [0.4, 0.5) is 0 Å². The predicted molar refractivity (Wildman–Crippen MR) is 43.1 cm³/mol. The molecule has 0 aliphatic rings. The van der Waals surface area contributed by atoms with Crippen LogP contribution in [-0.4, -0.2) is 69.6 Å². The Morgan fingerprint density at radius 3 is 2.21 bits per heavy atom. The number of carbonyl (C=O) groups excluding carboxylic acids is 1. The minimum atomic E-state index is -2.88. The third kappa shape index (κ3) is 2.98. The lowest BCUT2D eigenvalue weighted by atomic mass is 10.0. The van der Waals surface area contributed by atoms with Crippen LogP contribution >= 0.6 is 0 Å². The molecule has 0 spiro atoms. The highest BCUT2D eigenvalue weighted by molar-refractivity contribution is 5.57. The number of carbonyl (C=O) groups is 1. The zero-order chi connectivity index (χ0) is 11.4. The third-order valence-electron chi connectivity index (χ3n) is 1.77. The SMILES string of the molecule is CO[C@@H](C=O)[C@@H](O)[C@H](O)C(O)(O)CO. The van der Waals surface area contributed by atoms with Crippen LogP contribution in [0, 0.1) is 0 Å². The first-order valence-electron chi connectivity index (χ1n) is 3.80. The predicted octanol–water partition coefficient (Wildman–Crippen LogP) is -3.40. The van der Waals surface area contributed by atoms with Crippen molar-refractivity contribution >= 4 is 6.29 Å². The van der Waals surface area contributed by atoms with Crippen LogP contribution in [0.3, 0.4) is 0 Å². The Morgan fingerprint density at radius 1 is 1.43 bits per heavy atom. The molecule has 0 saturated carbocycles. The van der Waals surface area contributed by atoms with Crippen LogP contribution in [0.1, 0.15) is 0 Å². The quantitative estimate of drug-likeness (QED) is 0.228. The number of methoxy groups -OCH3 is 1. The van der Waals surface area contributed by atoms with Crippen molar-refractivity contribution in [2.75, 3.05) is 13.7 Å². The fourth-order valence-electron chi connectivity index (χ4n) is 0.822. The largest absolute Gasteiger partial charge is 0.391 e. The summed E-state index contributed by atoms with van der Waals surface area (Å²) >= 11 is 0. The van der Waals surface area contributed by atoms with Gasteiger partial charge in [-0.15, -0.1) is 0 Å². The number of aliphatic hydroxyl groups is 5. The fraction of sp³-hybridized carbons (Fsp3) is 0.857. The summed E-state index contributed by atoms with van der Waals surface area (Å²) in [7, 11) is 1.10. The number of hydrogen-bond acceptors (Lipinski definition) is 7. The van der Waals surface area contributed by atoms with Crippen LogP contribution in [0.5, 0.6) is 0 Å². The summed E-state index contributed by atoms with van der Waals surface area (Å²) in [5, 5.41) is 44.6. The van der Waals surface area contributed by atoms with E-state index in [1.807, 2.05) is 0 Å². The van der Waals surface area contributed by atoms with E-state index >= 15 is 0 Å². The molecular formula is C7H14O7. The maximum Gasteiger partial charge on any atom is 0.216 e. The van der Waals surface area contributed by atoms with Crippen LogP contribution in [0.2, 0.25) is 0 Å². The second-order valence-electron chi connectivity index (χ2n) is 2.81. The molecule has 0 amide bonds. The van der Waals surface area contributed by atoms with E-state index in [0.717, 1.165) is 7.11 Å². The van der Waals surface area contributed by atoms with Gasteiger partial charge in [-0.2, -0.15) is 0 Å². The summed E-state index contributed by atoms with van der Waals surface area (Å²) in [5.74, 6) is -2.88. The number of hydrogen-bond donors (Lipinski definition) is 5. The van der Waals surface area contributed by atoms with E-state index in [9.17, 15) is 9.90 Å². The average Bonchev–Trinajstić information content (AvgIpc) is 2.18. The summed E-state index contributed by atoms with van der Waals surface area (Å²) in [5.41, 5.74) is 0. The molecule has 84 valence electrons. The summed E-state index contributed by atoms with van der Waals surface area (Å²) in [6.45, 7) is -1.18. The summed E-state index contributed by atoms with van der Waals surface area (Å²) in [4.78, 5) is 10.3. The van der Waals surface area contributed by atoms with Crippen LogP contribution in [0.15, 0.2) is 0 Å². The van der Waals surface area contributed by atoms with E-state index in [2.05, 4.69) is 4.74 Å². The monoisotopic (exact) mass is 210 g/mol. The standard InChI is InChI=1S/C7H14O7/c1-14-4(2-8)5(10)6(11)7(12,13)3-9/h2,4-6,9-13H,3H2,1H3/t4-,5+,6-/m0/s1. The molecule has 0 unspecified atom stereocenters. The molecule has 7 nitrogen and oxygen atoms in total. The fourth-order valence-corrected chi connectivity index (χ4v) is 0.822. The Balaban J connectivity index is 4.51. The average molecular weight is 210 g/mol. The van der Waals surface area contributed by atoms with Crippen molar-refractivity contribution in [3.05, 3.63) is 0 Å². The topological polar surface area (TPSA) is 127 Å². The van der Waals surface area contributed by atoms with E-state index in [1.165, 1.54) is 0 Å². The molecule has 7 heteroatoms. The Labute approximate surface area is 80.2 Å². The number of aliphatic hydroxyl groups excluding tert-OH is 3. The molecule has 0 aromatic carbocycles. The third-order valence-corrected chi connectivity index (χ3v) is 1.77. The summed E-state index contributed by atoms with van der Waals surface area (Å²) in [6, 6.07) is 0. The van der Waals surface area contributed by atoms with Gasteiger partial charge in [0, 0.05) is 7.11 Å². The highest BCUT2D eigenvalue weighted by Crippen LogP contribution is 2.13. The van der Waals surface area contributed by atoms with E-state index in [0.29, 0.717) is 0 Å². The van der Waals surface area contributed by atoms with Crippen LogP contribution in [0.25, 0.3) is 0 Å². The minimum absolute atomic E-state index is 0.196. The van der Waals surface area contributed by atoms with E-state index in [-0.39, 0.29) is 6.29 Å². The molecule has 3 atom stereocenters. The Kier molecular flexibility index (Phi) is 5.13.